The van der Waals surface area contributed by atoms with Crippen LogP contribution in [-0.2, 0) is 6.61 Å². The topological polar surface area (TPSA) is 84.9 Å². The Kier molecular flexibility index (Phi) is 2.27. The van der Waals surface area contributed by atoms with E-state index < -0.39 is 0 Å². The molecule has 0 radical (unpaired) electrons. The minimum atomic E-state index is -0.239. The first-order valence-electron chi connectivity index (χ1n) is 5.01. The van der Waals surface area contributed by atoms with Crippen molar-refractivity contribution in [3.05, 3.63) is 36.4 Å². The third-order valence-corrected chi connectivity index (χ3v) is 2.33. The first-order valence-corrected chi connectivity index (χ1v) is 5.01. The van der Waals surface area contributed by atoms with Gasteiger partial charge in [0.25, 0.3) is 5.89 Å². The molecule has 0 unspecified atom stereocenters. The van der Waals surface area contributed by atoms with E-state index in [4.69, 9.17) is 9.63 Å². The van der Waals surface area contributed by atoms with Crippen molar-refractivity contribution in [1.82, 2.24) is 20.1 Å². The Morgan fingerprint density at radius 2 is 1.94 bits per heavy atom. The van der Waals surface area contributed by atoms with Gasteiger partial charge in [-0.3, -0.25) is 9.97 Å². The van der Waals surface area contributed by atoms with Crippen LogP contribution >= 0.6 is 0 Å². The van der Waals surface area contributed by atoms with Crippen molar-refractivity contribution in [3.8, 4) is 11.5 Å². The van der Waals surface area contributed by atoms with Crippen LogP contribution in [0.15, 0.2) is 35.1 Å². The van der Waals surface area contributed by atoms with E-state index in [1.54, 1.807) is 12.4 Å². The summed E-state index contributed by atoms with van der Waals surface area (Å²) in [6.07, 6.45) is 3.26. The van der Waals surface area contributed by atoms with Gasteiger partial charge in [-0.15, -0.1) is 0 Å². The van der Waals surface area contributed by atoms with E-state index >= 15 is 0 Å². The van der Waals surface area contributed by atoms with Gasteiger partial charge in [-0.05, 0) is 18.2 Å². The number of hydrogen-bond acceptors (Lipinski definition) is 6. The van der Waals surface area contributed by atoms with Crippen molar-refractivity contribution in [2.24, 2.45) is 0 Å². The summed E-state index contributed by atoms with van der Waals surface area (Å²) in [5.74, 6) is 0.626. The van der Waals surface area contributed by atoms with Crippen LogP contribution in [0.4, 0.5) is 0 Å². The molecule has 1 N–H and O–H groups in total. The zero-order valence-electron chi connectivity index (χ0n) is 8.74. The summed E-state index contributed by atoms with van der Waals surface area (Å²) < 4.78 is 5.02. The molecule has 84 valence electrons. The van der Waals surface area contributed by atoms with E-state index in [0.29, 0.717) is 5.89 Å². The second kappa shape index (κ2) is 3.91. The van der Waals surface area contributed by atoms with Crippen molar-refractivity contribution in [3.63, 3.8) is 0 Å². The van der Waals surface area contributed by atoms with Gasteiger partial charge in [-0.2, -0.15) is 4.98 Å². The molecule has 0 aliphatic rings. The molecule has 0 saturated carbocycles. The van der Waals surface area contributed by atoms with Crippen molar-refractivity contribution < 1.29 is 9.63 Å². The highest BCUT2D eigenvalue weighted by atomic mass is 16.5. The molecule has 0 saturated heterocycles. The SMILES string of the molecule is OCc1noc(-c2ccc3nccnc3c2)n1. The monoisotopic (exact) mass is 228 g/mol. The second-order valence-corrected chi connectivity index (χ2v) is 3.43. The van der Waals surface area contributed by atoms with E-state index in [-0.39, 0.29) is 12.4 Å². The molecule has 0 spiro atoms. The first-order chi connectivity index (χ1) is 8.36. The van der Waals surface area contributed by atoms with Crippen LogP contribution in [0.3, 0.4) is 0 Å². The number of nitrogens with zero attached hydrogens (tertiary/aromatic N) is 4. The predicted molar refractivity (Wildman–Crippen MR) is 58.8 cm³/mol. The largest absolute Gasteiger partial charge is 0.388 e. The molecule has 1 aromatic carbocycles. The van der Waals surface area contributed by atoms with Gasteiger partial charge in [0, 0.05) is 18.0 Å². The number of aromatic nitrogens is 4. The van der Waals surface area contributed by atoms with Crippen molar-refractivity contribution in [2.75, 3.05) is 0 Å². The molecule has 6 nitrogen and oxygen atoms in total. The maximum Gasteiger partial charge on any atom is 0.258 e. The molecule has 0 atom stereocenters. The third-order valence-electron chi connectivity index (χ3n) is 2.33. The molecule has 0 amide bonds. The molecule has 6 heteroatoms. The molecule has 2 aromatic heterocycles. The molecule has 0 fully saturated rings. The van der Waals surface area contributed by atoms with Crippen LogP contribution in [0.2, 0.25) is 0 Å². The van der Waals surface area contributed by atoms with E-state index in [1.165, 1.54) is 0 Å². The molecule has 0 bridgehead atoms. The summed E-state index contributed by atoms with van der Waals surface area (Å²) in [6.45, 7) is -0.239. The van der Waals surface area contributed by atoms with Gasteiger partial charge in [0.05, 0.1) is 11.0 Å². The fourth-order valence-electron chi connectivity index (χ4n) is 1.53. The predicted octanol–water partition coefficient (Wildman–Crippen LogP) is 1.17. The van der Waals surface area contributed by atoms with Gasteiger partial charge >= 0.3 is 0 Å². The highest BCUT2D eigenvalue weighted by Gasteiger charge is 2.08. The summed E-state index contributed by atoms with van der Waals surface area (Å²) in [5.41, 5.74) is 2.32. The molecule has 17 heavy (non-hydrogen) atoms. The van der Waals surface area contributed by atoms with Crippen LogP contribution < -0.4 is 0 Å². The number of benzene rings is 1. The lowest BCUT2D eigenvalue weighted by atomic mass is 10.2. The lowest BCUT2D eigenvalue weighted by Crippen LogP contribution is -1.86. The van der Waals surface area contributed by atoms with Gasteiger partial charge in [0.2, 0.25) is 0 Å². The van der Waals surface area contributed by atoms with Gasteiger partial charge in [0.1, 0.15) is 6.61 Å². The molecule has 3 aromatic rings. The molecule has 2 heterocycles. The maximum absolute atomic E-state index is 8.86. The number of aliphatic hydroxyl groups is 1. The zero-order chi connectivity index (χ0) is 11.7. The van der Waals surface area contributed by atoms with Gasteiger partial charge < -0.3 is 9.63 Å². The van der Waals surface area contributed by atoms with Crippen molar-refractivity contribution in [1.29, 1.82) is 0 Å². The Morgan fingerprint density at radius 1 is 1.12 bits per heavy atom. The lowest BCUT2D eigenvalue weighted by Gasteiger charge is -1.97. The van der Waals surface area contributed by atoms with Crippen LogP contribution in [-0.4, -0.2) is 25.2 Å². The Labute approximate surface area is 96.0 Å². The zero-order valence-corrected chi connectivity index (χ0v) is 8.74. The van der Waals surface area contributed by atoms with E-state index in [0.717, 1.165) is 16.6 Å². The van der Waals surface area contributed by atoms with Crippen LogP contribution in [0, 0.1) is 0 Å². The number of fused-ring (bicyclic) bond motifs is 1. The molecule has 0 aliphatic carbocycles. The summed E-state index contributed by atoms with van der Waals surface area (Å²) in [5, 5.41) is 12.5. The normalized spacial score (nSPS) is 10.9. The minimum Gasteiger partial charge on any atom is -0.388 e. The Hall–Kier alpha value is -2.34. The molecule has 0 aliphatic heterocycles. The summed E-state index contributed by atoms with van der Waals surface area (Å²) in [7, 11) is 0. The Balaban J connectivity index is 2.11. The Morgan fingerprint density at radius 3 is 2.71 bits per heavy atom. The van der Waals surface area contributed by atoms with Crippen LogP contribution in [0.25, 0.3) is 22.5 Å². The standard InChI is InChI=1S/C11H8N4O2/c16-6-10-14-11(17-15-10)7-1-2-8-9(5-7)13-4-3-12-8/h1-5,16H,6H2. The fraction of sp³-hybridized carbons (Fsp3) is 0.0909. The highest BCUT2D eigenvalue weighted by Crippen LogP contribution is 2.20. The van der Waals surface area contributed by atoms with E-state index in [9.17, 15) is 0 Å². The first kappa shape index (κ1) is 9.86. The quantitative estimate of drug-likeness (QED) is 0.708. The van der Waals surface area contributed by atoms with Crippen molar-refractivity contribution >= 4 is 11.0 Å². The average Bonchev–Trinajstić information content (AvgIpc) is 2.87. The second-order valence-electron chi connectivity index (χ2n) is 3.43. The molecular weight excluding hydrogens is 220 g/mol. The molecule has 3 rings (SSSR count). The third kappa shape index (κ3) is 1.74. The average molecular weight is 228 g/mol. The lowest BCUT2D eigenvalue weighted by molar-refractivity contribution is 0.264. The van der Waals surface area contributed by atoms with Crippen LogP contribution in [0.1, 0.15) is 5.82 Å². The summed E-state index contributed by atoms with van der Waals surface area (Å²) in [6, 6.07) is 5.48. The van der Waals surface area contributed by atoms with E-state index in [2.05, 4.69) is 20.1 Å². The van der Waals surface area contributed by atoms with Crippen molar-refractivity contribution in [2.45, 2.75) is 6.61 Å². The molecular formula is C11H8N4O2. The maximum atomic E-state index is 8.86. The number of hydrogen-bond donors (Lipinski definition) is 1. The minimum absolute atomic E-state index is 0.239. The van der Waals surface area contributed by atoms with Gasteiger partial charge in [-0.1, -0.05) is 5.16 Å². The van der Waals surface area contributed by atoms with Crippen LogP contribution in [0.5, 0.6) is 0 Å². The Bertz CT molecular complexity index is 665. The van der Waals surface area contributed by atoms with Gasteiger partial charge in [-0.25, -0.2) is 0 Å². The number of aliphatic hydroxyl groups excluding tert-OH is 1. The number of rotatable bonds is 2. The van der Waals surface area contributed by atoms with E-state index in [1.807, 2.05) is 18.2 Å². The summed E-state index contributed by atoms with van der Waals surface area (Å²) in [4.78, 5) is 12.4. The smallest absolute Gasteiger partial charge is 0.258 e. The summed E-state index contributed by atoms with van der Waals surface area (Å²) >= 11 is 0. The highest BCUT2D eigenvalue weighted by molar-refractivity contribution is 5.79. The fourth-order valence-corrected chi connectivity index (χ4v) is 1.53. The van der Waals surface area contributed by atoms with Gasteiger partial charge in [0.15, 0.2) is 5.82 Å².